The molecule has 8 nitrogen and oxygen atoms in total. The van der Waals surface area contributed by atoms with Crippen LogP contribution in [0.3, 0.4) is 0 Å². The number of nitrogen functional groups attached to an aromatic ring is 1. The summed E-state index contributed by atoms with van der Waals surface area (Å²) in [7, 11) is 0. The van der Waals surface area contributed by atoms with Crippen LogP contribution in [0.15, 0.2) is 96.2 Å². The highest BCUT2D eigenvalue weighted by atomic mass is 32.1. The molecule has 0 atom stereocenters. The second-order valence-corrected chi connectivity index (χ2v) is 10.4. The molecule has 0 amide bonds. The van der Waals surface area contributed by atoms with Gasteiger partial charge in [0.1, 0.15) is 16.3 Å². The van der Waals surface area contributed by atoms with Gasteiger partial charge in [-0.1, -0.05) is 107 Å². The Hall–Kier alpha value is -4.50. The maximum Gasteiger partial charge on any atom is 0.368 e. The number of nitrogens with two attached hydrogens (primary N) is 1. The summed E-state index contributed by atoms with van der Waals surface area (Å²) in [5.41, 5.74) is 5.51. The van der Waals surface area contributed by atoms with Gasteiger partial charge in [0, 0.05) is 16.7 Å². The molecule has 0 aliphatic heterocycles. The Kier molecular flexibility index (Phi) is 7.59. The molecule has 4 aromatic rings. The first-order valence-electron chi connectivity index (χ1n) is 11.8. The van der Waals surface area contributed by atoms with Crippen LogP contribution in [0, 0.1) is 0 Å². The van der Waals surface area contributed by atoms with E-state index in [4.69, 9.17) is 15.3 Å². The first-order valence-corrected chi connectivity index (χ1v) is 12.6. The lowest BCUT2D eigenvalue weighted by atomic mass is 9.80. The van der Waals surface area contributed by atoms with Crippen LogP contribution in [-0.2, 0) is 20.0 Å². The Bertz CT molecular complexity index is 1350. The predicted octanol–water partition coefficient (Wildman–Crippen LogP) is 5.48. The molecule has 0 saturated carbocycles. The molecule has 1 heterocycles. The van der Waals surface area contributed by atoms with Crippen molar-refractivity contribution in [3.8, 4) is 0 Å². The topological polar surface area (TPSA) is 124 Å². The summed E-state index contributed by atoms with van der Waals surface area (Å²) in [6.07, 6.45) is 0. The number of thiazole rings is 1. The van der Waals surface area contributed by atoms with Gasteiger partial charge in [-0.25, -0.2) is 14.6 Å². The van der Waals surface area contributed by atoms with Crippen molar-refractivity contribution in [3.63, 3.8) is 0 Å². The van der Waals surface area contributed by atoms with Crippen LogP contribution in [0.25, 0.3) is 0 Å². The van der Waals surface area contributed by atoms with E-state index in [1.54, 1.807) is 20.8 Å². The minimum absolute atomic E-state index is 0.000317. The molecule has 3 N–H and O–H groups in total. The van der Waals surface area contributed by atoms with E-state index >= 15 is 0 Å². The van der Waals surface area contributed by atoms with Crippen LogP contribution in [-0.4, -0.2) is 33.3 Å². The third kappa shape index (κ3) is 5.57. The summed E-state index contributed by atoms with van der Waals surface area (Å²) in [6.45, 7) is 5.16. The van der Waals surface area contributed by atoms with Gasteiger partial charge in [0.15, 0.2) is 0 Å². The molecule has 0 unspecified atom stereocenters. The summed E-state index contributed by atoms with van der Waals surface area (Å²) >= 11 is 0.824. The average molecular weight is 530 g/mol. The Balaban J connectivity index is 1.87. The van der Waals surface area contributed by atoms with E-state index < -0.39 is 28.9 Å². The first-order chi connectivity index (χ1) is 18.1. The highest BCUT2D eigenvalue weighted by Gasteiger charge is 2.40. The van der Waals surface area contributed by atoms with Gasteiger partial charge in [-0.2, -0.15) is 0 Å². The number of ether oxygens (including phenoxy) is 1. The number of carboxylic acid groups (broad SMARTS) is 1. The number of oxime groups is 1. The maximum absolute atomic E-state index is 12.5. The van der Waals surface area contributed by atoms with E-state index in [0.717, 1.165) is 28.0 Å². The number of rotatable bonds is 8. The fourth-order valence-corrected chi connectivity index (χ4v) is 4.59. The van der Waals surface area contributed by atoms with Crippen LogP contribution in [0.5, 0.6) is 0 Å². The lowest BCUT2D eigenvalue weighted by Crippen LogP contribution is -2.32. The lowest BCUT2D eigenvalue weighted by Gasteiger charge is -2.33. The Labute approximate surface area is 224 Å². The average Bonchev–Trinajstić information content (AvgIpc) is 3.28. The van der Waals surface area contributed by atoms with Gasteiger partial charge in [-0.3, -0.25) is 0 Å². The number of carboxylic acids is 1. The number of aromatic nitrogens is 1. The van der Waals surface area contributed by atoms with Crippen molar-refractivity contribution in [2.75, 3.05) is 5.73 Å². The van der Waals surface area contributed by atoms with Gasteiger partial charge >= 0.3 is 11.9 Å². The molecule has 0 bridgehead atoms. The van der Waals surface area contributed by atoms with Gasteiger partial charge < -0.3 is 20.4 Å². The van der Waals surface area contributed by atoms with E-state index in [1.807, 2.05) is 91.0 Å². The minimum atomic E-state index is -1.42. The van der Waals surface area contributed by atoms with Crippen LogP contribution in [0.1, 0.15) is 53.0 Å². The molecule has 0 aliphatic carbocycles. The molecular weight excluding hydrogens is 502 g/mol. The van der Waals surface area contributed by atoms with Crippen molar-refractivity contribution in [3.05, 3.63) is 118 Å². The standard InChI is InChI=1S/C29H27N3O5S/c1-28(2,3)36-27(35)25-31-22(24(30)38-25)23(26(33)34)32-37-29(19-13-7-4-8-14-19,20-15-9-5-10-16-20)21-17-11-6-12-18-21/h4-18H,30H2,1-3H3,(H,33,34)/b32-23-. The number of carbonyl (C=O) groups is 2. The molecule has 0 aliphatic rings. The number of nitrogens with zero attached hydrogens (tertiary/aromatic N) is 2. The van der Waals surface area contributed by atoms with E-state index in [9.17, 15) is 14.7 Å². The van der Waals surface area contributed by atoms with Crippen molar-refractivity contribution in [1.29, 1.82) is 0 Å². The zero-order valence-corrected chi connectivity index (χ0v) is 21.9. The van der Waals surface area contributed by atoms with Gasteiger partial charge in [0.05, 0.1) is 0 Å². The van der Waals surface area contributed by atoms with Crippen LogP contribution < -0.4 is 5.73 Å². The molecule has 9 heteroatoms. The molecule has 38 heavy (non-hydrogen) atoms. The van der Waals surface area contributed by atoms with E-state index in [2.05, 4.69) is 10.1 Å². The minimum Gasteiger partial charge on any atom is -0.476 e. The van der Waals surface area contributed by atoms with Crippen molar-refractivity contribution in [2.45, 2.75) is 32.0 Å². The summed E-state index contributed by atoms with van der Waals surface area (Å²) in [5, 5.41) is 14.1. The van der Waals surface area contributed by atoms with Gasteiger partial charge in [0.25, 0.3) is 0 Å². The monoisotopic (exact) mass is 529 g/mol. The number of anilines is 1. The molecule has 0 spiro atoms. The number of aliphatic carboxylic acids is 1. The molecule has 1 aromatic heterocycles. The van der Waals surface area contributed by atoms with Crippen molar-refractivity contribution in [1.82, 2.24) is 4.98 Å². The van der Waals surface area contributed by atoms with Gasteiger partial charge in [0.2, 0.25) is 16.3 Å². The van der Waals surface area contributed by atoms with E-state index in [1.165, 1.54) is 0 Å². The fourth-order valence-electron chi connectivity index (χ4n) is 3.89. The van der Waals surface area contributed by atoms with E-state index in [-0.39, 0.29) is 15.7 Å². The second kappa shape index (κ2) is 10.9. The molecule has 3 aromatic carbocycles. The molecule has 0 radical (unpaired) electrons. The molecule has 0 saturated heterocycles. The summed E-state index contributed by atoms with van der Waals surface area (Å²) in [5.74, 6) is -2.13. The quantitative estimate of drug-likeness (QED) is 0.134. The van der Waals surface area contributed by atoms with Crippen LogP contribution in [0.2, 0.25) is 0 Å². The second-order valence-electron chi connectivity index (χ2n) is 9.35. The Morgan fingerprint density at radius 1 is 0.842 bits per heavy atom. The molecular formula is C29H27N3O5S. The largest absolute Gasteiger partial charge is 0.476 e. The van der Waals surface area contributed by atoms with Crippen molar-refractivity contribution in [2.24, 2.45) is 5.16 Å². The predicted molar refractivity (Wildman–Crippen MR) is 146 cm³/mol. The first kappa shape index (κ1) is 26.6. The fraction of sp³-hybridized carbons (Fsp3) is 0.172. The third-order valence-electron chi connectivity index (χ3n) is 5.47. The summed E-state index contributed by atoms with van der Waals surface area (Å²) < 4.78 is 5.35. The number of carbonyl (C=O) groups excluding carboxylic acids is 1. The highest BCUT2D eigenvalue weighted by molar-refractivity contribution is 7.17. The normalized spacial score (nSPS) is 12.1. The number of hydrogen-bond acceptors (Lipinski definition) is 8. The zero-order valence-electron chi connectivity index (χ0n) is 21.1. The Morgan fingerprint density at radius 2 is 1.29 bits per heavy atom. The van der Waals surface area contributed by atoms with E-state index in [0.29, 0.717) is 0 Å². The SMILES string of the molecule is CC(C)(C)OC(=O)c1nc(/C(=N/OC(c2ccccc2)(c2ccccc2)c2ccccc2)C(=O)O)c(N)s1. The molecule has 0 fully saturated rings. The lowest BCUT2D eigenvalue weighted by molar-refractivity contribution is -0.129. The summed E-state index contributed by atoms with van der Waals surface area (Å²) in [6, 6.07) is 28.1. The smallest absolute Gasteiger partial charge is 0.368 e. The maximum atomic E-state index is 12.5. The zero-order chi connectivity index (χ0) is 27.3. The third-order valence-corrected chi connectivity index (χ3v) is 6.33. The molecule has 194 valence electrons. The Morgan fingerprint density at radius 3 is 1.68 bits per heavy atom. The van der Waals surface area contributed by atoms with Gasteiger partial charge in [-0.15, -0.1) is 0 Å². The van der Waals surface area contributed by atoms with Crippen LogP contribution in [0.4, 0.5) is 5.00 Å². The summed E-state index contributed by atoms with van der Waals surface area (Å²) in [4.78, 5) is 35.3. The number of benzene rings is 3. The van der Waals surface area contributed by atoms with Crippen molar-refractivity contribution >= 4 is 34.0 Å². The number of hydrogen-bond donors (Lipinski definition) is 2. The van der Waals surface area contributed by atoms with Crippen LogP contribution >= 0.6 is 11.3 Å². The highest BCUT2D eigenvalue weighted by Crippen LogP contribution is 2.41. The molecule has 4 rings (SSSR count). The van der Waals surface area contributed by atoms with Gasteiger partial charge in [-0.05, 0) is 20.8 Å². The van der Waals surface area contributed by atoms with Crippen molar-refractivity contribution < 1.29 is 24.3 Å². The number of esters is 1.